The first-order valence-electron chi connectivity index (χ1n) is 8.79. The third kappa shape index (κ3) is 7.01. The summed E-state index contributed by atoms with van der Waals surface area (Å²) in [4.78, 5) is 26.0. The van der Waals surface area contributed by atoms with Gasteiger partial charge in [-0.1, -0.05) is 43.7 Å². The fraction of sp³-hybridized carbons (Fsp3) is 0.556. The Kier molecular flexibility index (Phi) is 8.04. The molecule has 1 aromatic rings. The summed E-state index contributed by atoms with van der Waals surface area (Å²) in [7, 11) is 0. The number of hydrogen-bond donors (Lipinski definition) is 2. The van der Waals surface area contributed by atoms with Gasteiger partial charge in [-0.05, 0) is 18.4 Å². The van der Waals surface area contributed by atoms with Crippen LogP contribution in [-0.2, 0) is 16.1 Å². The lowest BCUT2D eigenvalue weighted by Gasteiger charge is -2.29. The number of alkyl carbamates (subject to hydrolysis) is 1. The molecule has 1 fully saturated rings. The Bertz CT molecular complexity index is 532. The lowest BCUT2D eigenvalue weighted by Crippen LogP contribution is -2.54. The van der Waals surface area contributed by atoms with Gasteiger partial charge in [0.15, 0.2) is 0 Å². The van der Waals surface area contributed by atoms with Gasteiger partial charge in [0.25, 0.3) is 0 Å². The second-order valence-electron chi connectivity index (χ2n) is 5.95. The molecule has 0 radical (unpaired) electrons. The number of urea groups is 1. The summed E-state index contributed by atoms with van der Waals surface area (Å²) in [5.41, 5.74) is 0.917. The maximum Gasteiger partial charge on any atom is 0.409 e. The number of morpholine rings is 1. The smallest absolute Gasteiger partial charge is 0.409 e. The van der Waals surface area contributed by atoms with Gasteiger partial charge in [0, 0.05) is 13.1 Å². The number of nitrogens with zero attached hydrogens (tertiary/aromatic N) is 1. The van der Waals surface area contributed by atoms with E-state index in [1.54, 1.807) is 4.90 Å². The van der Waals surface area contributed by atoms with E-state index in [9.17, 15) is 9.59 Å². The molecular formula is C18H27N3O4. The van der Waals surface area contributed by atoms with Crippen LogP contribution in [0.25, 0.3) is 0 Å². The van der Waals surface area contributed by atoms with Crippen molar-refractivity contribution in [2.75, 3.05) is 26.3 Å². The van der Waals surface area contributed by atoms with Crippen LogP contribution in [0.4, 0.5) is 9.59 Å². The molecule has 7 nitrogen and oxygen atoms in total. The van der Waals surface area contributed by atoms with Gasteiger partial charge in [-0.3, -0.25) is 0 Å². The predicted molar refractivity (Wildman–Crippen MR) is 94.0 cm³/mol. The van der Waals surface area contributed by atoms with E-state index in [1.165, 1.54) is 0 Å². The van der Waals surface area contributed by atoms with E-state index >= 15 is 0 Å². The molecular weight excluding hydrogens is 322 g/mol. The Hall–Kier alpha value is -2.28. The number of carbonyl (C=O) groups excluding carboxylic acids is 2. The molecule has 0 aromatic heterocycles. The highest BCUT2D eigenvalue weighted by atomic mass is 16.5. The van der Waals surface area contributed by atoms with Gasteiger partial charge in [-0.15, -0.1) is 0 Å². The molecule has 0 bridgehead atoms. The van der Waals surface area contributed by atoms with E-state index < -0.39 is 12.3 Å². The maximum atomic E-state index is 12.3. The van der Waals surface area contributed by atoms with Gasteiger partial charge >= 0.3 is 12.1 Å². The Morgan fingerprint density at radius 3 is 2.60 bits per heavy atom. The third-order valence-electron chi connectivity index (χ3n) is 3.95. The van der Waals surface area contributed by atoms with Crippen LogP contribution in [0, 0.1) is 0 Å². The van der Waals surface area contributed by atoms with E-state index in [2.05, 4.69) is 17.6 Å². The van der Waals surface area contributed by atoms with E-state index in [0.717, 1.165) is 18.4 Å². The van der Waals surface area contributed by atoms with Crippen LogP contribution in [0.15, 0.2) is 30.3 Å². The van der Waals surface area contributed by atoms with Gasteiger partial charge in [-0.2, -0.15) is 0 Å². The van der Waals surface area contributed by atoms with Gasteiger partial charge in [0.2, 0.25) is 0 Å². The summed E-state index contributed by atoms with van der Waals surface area (Å²) in [5.74, 6) is 0. The summed E-state index contributed by atoms with van der Waals surface area (Å²) < 4.78 is 10.5. The van der Waals surface area contributed by atoms with Gasteiger partial charge in [0.05, 0.1) is 13.2 Å². The summed E-state index contributed by atoms with van der Waals surface area (Å²) in [6.45, 7) is 4.47. The van der Waals surface area contributed by atoms with Crippen LogP contribution in [0.2, 0.25) is 0 Å². The molecule has 1 atom stereocenters. The van der Waals surface area contributed by atoms with Crippen LogP contribution in [0.1, 0.15) is 31.7 Å². The second kappa shape index (κ2) is 10.6. The zero-order valence-corrected chi connectivity index (χ0v) is 14.7. The van der Waals surface area contributed by atoms with Crippen molar-refractivity contribution in [3.8, 4) is 0 Å². The largest absolute Gasteiger partial charge is 0.445 e. The fourth-order valence-corrected chi connectivity index (χ4v) is 2.50. The highest BCUT2D eigenvalue weighted by Gasteiger charge is 2.21. The van der Waals surface area contributed by atoms with Gasteiger partial charge in [0.1, 0.15) is 12.8 Å². The van der Waals surface area contributed by atoms with Crippen LogP contribution in [-0.4, -0.2) is 49.5 Å². The van der Waals surface area contributed by atoms with E-state index in [-0.39, 0.29) is 12.6 Å². The average molecular weight is 349 g/mol. The molecule has 1 aromatic carbocycles. The molecule has 1 aliphatic heterocycles. The van der Waals surface area contributed by atoms with Crippen LogP contribution >= 0.6 is 0 Å². The first kappa shape index (κ1) is 19.1. The third-order valence-corrected chi connectivity index (χ3v) is 3.95. The zero-order chi connectivity index (χ0) is 17.9. The van der Waals surface area contributed by atoms with Crippen molar-refractivity contribution in [2.24, 2.45) is 0 Å². The fourth-order valence-electron chi connectivity index (χ4n) is 2.50. The van der Waals surface area contributed by atoms with Crippen LogP contribution in [0.3, 0.4) is 0 Å². The molecule has 7 heteroatoms. The minimum absolute atomic E-state index is 0.187. The number of nitrogens with one attached hydrogen (secondary N) is 2. The highest BCUT2D eigenvalue weighted by molar-refractivity contribution is 5.75. The first-order chi connectivity index (χ1) is 12.2. The monoisotopic (exact) mass is 349 g/mol. The molecule has 2 N–H and O–H groups in total. The number of rotatable bonds is 7. The Morgan fingerprint density at radius 2 is 1.92 bits per heavy atom. The van der Waals surface area contributed by atoms with Crippen molar-refractivity contribution in [3.05, 3.63) is 35.9 Å². The van der Waals surface area contributed by atoms with E-state index in [4.69, 9.17) is 9.47 Å². The van der Waals surface area contributed by atoms with Crippen molar-refractivity contribution in [3.63, 3.8) is 0 Å². The SMILES string of the molecule is CCCCC(NC(=O)OCc1ccccc1)NC(=O)N1CCOCC1. The Balaban J connectivity index is 1.81. The Morgan fingerprint density at radius 1 is 1.20 bits per heavy atom. The summed E-state index contributed by atoms with van der Waals surface area (Å²) >= 11 is 0. The minimum Gasteiger partial charge on any atom is -0.445 e. The summed E-state index contributed by atoms with van der Waals surface area (Å²) in [6.07, 6.45) is 1.55. The normalized spacial score (nSPS) is 15.3. The lowest BCUT2D eigenvalue weighted by atomic mass is 10.2. The van der Waals surface area contributed by atoms with Gasteiger partial charge < -0.3 is 25.0 Å². The molecule has 0 saturated carbocycles. The number of benzene rings is 1. The number of amides is 3. The number of carbonyl (C=O) groups is 2. The van der Waals surface area contributed by atoms with Crippen molar-refractivity contribution in [1.29, 1.82) is 0 Å². The zero-order valence-electron chi connectivity index (χ0n) is 14.7. The lowest BCUT2D eigenvalue weighted by molar-refractivity contribution is 0.0519. The molecule has 1 saturated heterocycles. The van der Waals surface area contributed by atoms with Crippen molar-refractivity contribution in [1.82, 2.24) is 15.5 Å². The maximum absolute atomic E-state index is 12.3. The standard InChI is InChI=1S/C18H27N3O4/c1-2-3-9-16(19-17(22)21-10-12-24-13-11-21)20-18(23)25-14-15-7-5-4-6-8-15/h4-8,16H,2-3,9-14H2,1H3,(H,19,22)(H,20,23). The molecule has 25 heavy (non-hydrogen) atoms. The average Bonchev–Trinajstić information content (AvgIpc) is 2.66. The minimum atomic E-state index is -0.535. The number of ether oxygens (including phenoxy) is 2. The first-order valence-corrected chi connectivity index (χ1v) is 8.79. The van der Waals surface area contributed by atoms with Gasteiger partial charge in [-0.25, -0.2) is 9.59 Å². The van der Waals surface area contributed by atoms with E-state index in [1.807, 2.05) is 30.3 Å². The molecule has 1 aliphatic rings. The molecule has 138 valence electrons. The molecule has 1 heterocycles. The Labute approximate surface area is 148 Å². The number of hydrogen-bond acceptors (Lipinski definition) is 4. The molecule has 1 unspecified atom stereocenters. The topological polar surface area (TPSA) is 79.9 Å². The molecule has 3 amide bonds. The van der Waals surface area contributed by atoms with Crippen LogP contribution in [0.5, 0.6) is 0 Å². The molecule has 0 aliphatic carbocycles. The predicted octanol–water partition coefficient (Wildman–Crippen LogP) is 2.47. The molecule has 0 spiro atoms. The summed E-state index contributed by atoms with van der Waals surface area (Å²) in [5, 5.41) is 5.61. The molecule has 2 rings (SSSR count). The number of unbranched alkanes of at least 4 members (excludes halogenated alkanes) is 1. The highest BCUT2D eigenvalue weighted by Crippen LogP contribution is 2.04. The van der Waals surface area contributed by atoms with E-state index in [0.29, 0.717) is 32.7 Å². The van der Waals surface area contributed by atoms with Crippen molar-refractivity contribution in [2.45, 2.75) is 39.0 Å². The van der Waals surface area contributed by atoms with Crippen LogP contribution < -0.4 is 10.6 Å². The van der Waals surface area contributed by atoms with Crippen molar-refractivity contribution >= 4 is 12.1 Å². The quantitative estimate of drug-likeness (QED) is 0.741. The summed E-state index contributed by atoms with van der Waals surface area (Å²) in [6, 6.07) is 9.29. The van der Waals surface area contributed by atoms with Crippen molar-refractivity contribution < 1.29 is 19.1 Å². The second-order valence-corrected chi connectivity index (χ2v) is 5.95.